The van der Waals surface area contributed by atoms with Crippen LogP contribution < -0.4 is 0 Å². The van der Waals surface area contributed by atoms with E-state index in [1.807, 2.05) is 13.0 Å². The van der Waals surface area contributed by atoms with Crippen molar-refractivity contribution < 1.29 is 5.11 Å². The average molecular weight is 284 g/mol. The zero-order valence-electron chi connectivity index (χ0n) is 13.4. The van der Waals surface area contributed by atoms with E-state index in [0.29, 0.717) is 12.3 Å². The minimum atomic E-state index is -0.391. The lowest BCUT2D eigenvalue weighted by molar-refractivity contribution is 0.213. The van der Waals surface area contributed by atoms with Gasteiger partial charge in [0.15, 0.2) is 0 Å². The molecule has 0 amide bonds. The molecule has 1 nitrogen and oxygen atoms in total. The minimum absolute atomic E-state index is 0.391. The topological polar surface area (TPSA) is 20.2 Å². The van der Waals surface area contributed by atoms with Gasteiger partial charge < -0.3 is 5.11 Å². The molecule has 1 aromatic carbocycles. The Kier molecular flexibility index (Phi) is 7.78. The molecule has 2 unspecified atom stereocenters. The van der Waals surface area contributed by atoms with Crippen LogP contribution in [0, 0.1) is 5.92 Å². The Morgan fingerprint density at radius 1 is 1.29 bits per heavy atom. The van der Waals surface area contributed by atoms with E-state index >= 15 is 0 Å². The molecule has 1 N–H and O–H groups in total. The second-order valence-corrected chi connectivity index (χ2v) is 5.88. The van der Waals surface area contributed by atoms with Gasteiger partial charge in [-0.25, -0.2) is 0 Å². The van der Waals surface area contributed by atoms with Gasteiger partial charge in [-0.15, -0.1) is 6.58 Å². The van der Waals surface area contributed by atoms with Crippen molar-refractivity contribution in [3.63, 3.8) is 0 Å². The molecule has 21 heavy (non-hydrogen) atoms. The zero-order valence-corrected chi connectivity index (χ0v) is 13.4. The molecule has 0 aliphatic heterocycles. The molecule has 0 fully saturated rings. The first-order chi connectivity index (χ1) is 10.0. The molecule has 0 radical (unpaired) electrons. The van der Waals surface area contributed by atoms with Gasteiger partial charge in [-0.2, -0.15) is 0 Å². The van der Waals surface area contributed by atoms with Crippen molar-refractivity contribution in [3.05, 3.63) is 72.4 Å². The van der Waals surface area contributed by atoms with Gasteiger partial charge in [0.05, 0.1) is 6.10 Å². The Labute approximate surface area is 129 Å². The Balaban J connectivity index is 2.38. The number of benzene rings is 1. The van der Waals surface area contributed by atoms with Crippen molar-refractivity contribution in [2.75, 3.05) is 0 Å². The van der Waals surface area contributed by atoms with Gasteiger partial charge in [0.1, 0.15) is 0 Å². The fourth-order valence-electron chi connectivity index (χ4n) is 2.39. The Morgan fingerprint density at radius 3 is 2.57 bits per heavy atom. The number of hydrogen-bond acceptors (Lipinski definition) is 1. The fraction of sp³-hybridized carbons (Fsp3) is 0.400. The maximum atomic E-state index is 9.88. The highest BCUT2D eigenvalue weighted by Gasteiger charge is 2.07. The summed E-state index contributed by atoms with van der Waals surface area (Å²) in [5.41, 5.74) is 3.63. The summed E-state index contributed by atoms with van der Waals surface area (Å²) in [5.74, 6) is 0.456. The van der Waals surface area contributed by atoms with Crippen LogP contribution in [0.15, 0.2) is 66.8 Å². The zero-order chi connectivity index (χ0) is 15.7. The molecular formula is C20H28O. The molecular weight excluding hydrogens is 256 g/mol. The molecule has 1 rings (SSSR count). The van der Waals surface area contributed by atoms with E-state index in [4.69, 9.17) is 0 Å². The normalized spacial score (nSPS) is 14.5. The molecule has 0 bridgehead atoms. The molecule has 1 heteroatoms. The van der Waals surface area contributed by atoms with Crippen LogP contribution in [-0.4, -0.2) is 11.2 Å². The molecule has 114 valence electrons. The van der Waals surface area contributed by atoms with Crippen molar-refractivity contribution in [2.24, 2.45) is 5.92 Å². The van der Waals surface area contributed by atoms with Gasteiger partial charge in [-0.3, -0.25) is 0 Å². The molecule has 0 saturated heterocycles. The average Bonchev–Trinajstić information content (AvgIpc) is 2.46. The summed E-state index contributed by atoms with van der Waals surface area (Å²) in [6.07, 6.45) is 7.21. The van der Waals surface area contributed by atoms with E-state index in [0.717, 1.165) is 24.8 Å². The van der Waals surface area contributed by atoms with Crippen LogP contribution >= 0.6 is 0 Å². The third kappa shape index (κ3) is 7.10. The Bertz CT molecular complexity index is 470. The van der Waals surface area contributed by atoms with Crippen molar-refractivity contribution >= 4 is 0 Å². The standard InChI is InChI=1S/C20H28O/c1-5-9-20(21)18(4)14-16(2)12-13-17(3)15-19-10-7-6-8-11-19/h5-8,10-11,14,16,20-21H,1,3,9,12-13,15H2,2,4H3/b18-14+. The summed E-state index contributed by atoms with van der Waals surface area (Å²) in [6.45, 7) is 12.0. The lowest BCUT2D eigenvalue weighted by atomic mass is 9.95. The molecule has 0 spiro atoms. The second-order valence-electron chi connectivity index (χ2n) is 5.88. The molecule has 0 aliphatic carbocycles. The van der Waals surface area contributed by atoms with Crippen LogP contribution in [0.5, 0.6) is 0 Å². The highest BCUT2D eigenvalue weighted by molar-refractivity contribution is 5.20. The number of rotatable bonds is 9. The minimum Gasteiger partial charge on any atom is -0.388 e. The van der Waals surface area contributed by atoms with Crippen LogP contribution in [0.2, 0.25) is 0 Å². The van der Waals surface area contributed by atoms with E-state index in [-0.39, 0.29) is 0 Å². The SMILES string of the molecule is C=CCC(O)/C(C)=C/C(C)CCC(=C)Cc1ccccc1. The summed E-state index contributed by atoms with van der Waals surface area (Å²) >= 11 is 0. The van der Waals surface area contributed by atoms with Crippen LogP contribution in [0.4, 0.5) is 0 Å². The predicted octanol–water partition coefficient (Wildman–Crippen LogP) is 5.08. The third-order valence-corrected chi connectivity index (χ3v) is 3.71. The molecule has 0 aromatic heterocycles. The van der Waals surface area contributed by atoms with Gasteiger partial charge in [0, 0.05) is 0 Å². The van der Waals surface area contributed by atoms with Gasteiger partial charge in [-0.1, -0.05) is 61.6 Å². The monoisotopic (exact) mass is 284 g/mol. The van der Waals surface area contributed by atoms with E-state index in [1.54, 1.807) is 6.08 Å². The maximum absolute atomic E-state index is 9.88. The summed E-state index contributed by atoms with van der Waals surface area (Å²) in [6, 6.07) is 10.5. The van der Waals surface area contributed by atoms with E-state index in [9.17, 15) is 5.11 Å². The number of hydrogen-bond donors (Lipinski definition) is 1. The summed E-state index contributed by atoms with van der Waals surface area (Å²) < 4.78 is 0. The van der Waals surface area contributed by atoms with E-state index in [1.165, 1.54) is 11.1 Å². The number of aliphatic hydroxyl groups excluding tert-OH is 1. The summed E-state index contributed by atoms with van der Waals surface area (Å²) in [5, 5.41) is 9.88. The highest BCUT2D eigenvalue weighted by atomic mass is 16.3. The fourth-order valence-corrected chi connectivity index (χ4v) is 2.39. The Morgan fingerprint density at radius 2 is 1.95 bits per heavy atom. The molecule has 0 heterocycles. The quantitative estimate of drug-likeness (QED) is 0.627. The van der Waals surface area contributed by atoms with Crippen molar-refractivity contribution in [3.8, 4) is 0 Å². The van der Waals surface area contributed by atoms with Crippen LogP contribution in [0.3, 0.4) is 0 Å². The molecule has 0 aliphatic rings. The van der Waals surface area contributed by atoms with Crippen molar-refractivity contribution in [1.82, 2.24) is 0 Å². The lowest BCUT2D eigenvalue weighted by Gasteiger charge is -2.13. The predicted molar refractivity (Wildman–Crippen MR) is 92.3 cm³/mol. The van der Waals surface area contributed by atoms with E-state index < -0.39 is 6.10 Å². The first-order valence-corrected chi connectivity index (χ1v) is 7.70. The van der Waals surface area contributed by atoms with Crippen molar-refractivity contribution in [2.45, 2.75) is 45.6 Å². The van der Waals surface area contributed by atoms with E-state index in [2.05, 4.69) is 50.4 Å². The van der Waals surface area contributed by atoms with Crippen LogP contribution in [0.25, 0.3) is 0 Å². The van der Waals surface area contributed by atoms with Crippen LogP contribution in [0.1, 0.15) is 38.7 Å². The highest BCUT2D eigenvalue weighted by Crippen LogP contribution is 2.18. The first kappa shape index (κ1) is 17.5. The van der Waals surface area contributed by atoms with Gasteiger partial charge in [-0.05, 0) is 49.7 Å². The molecule has 0 saturated carbocycles. The number of aliphatic hydroxyl groups is 1. The smallest absolute Gasteiger partial charge is 0.0781 e. The summed E-state index contributed by atoms with van der Waals surface area (Å²) in [7, 11) is 0. The van der Waals surface area contributed by atoms with Gasteiger partial charge in [0.2, 0.25) is 0 Å². The molecule has 2 atom stereocenters. The second kappa shape index (κ2) is 9.36. The lowest BCUT2D eigenvalue weighted by Crippen LogP contribution is -2.08. The third-order valence-electron chi connectivity index (χ3n) is 3.71. The first-order valence-electron chi connectivity index (χ1n) is 7.70. The van der Waals surface area contributed by atoms with Gasteiger partial charge >= 0.3 is 0 Å². The summed E-state index contributed by atoms with van der Waals surface area (Å²) in [4.78, 5) is 0. The van der Waals surface area contributed by atoms with Gasteiger partial charge in [0.25, 0.3) is 0 Å². The van der Waals surface area contributed by atoms with Crippen molar-refractivity contribution in [1.29, 1.82) is 0 Å². The molecule has 1 aromatic rings. The largest absolute Gasteiger partial charge is 0.388 e. The van der Waals surface area contributed by atoms with Crippen LogP contribution in [-0.2, 0) is 6.42 Å². The Hall–Kier alpha value is -1.60. The maximum Gasteiger partial charge on any atom is 0.0781 e. The number of allylic oxidation sites excluding steroid dienone is 2.